The number of nitrogens with one attached hydrogen (secondary N) is 1. The molecule has 1 unspecified atom stereocenters. The van der Waals surface area contributed by atoms with Crippen molar-refractivity contribution in [1.29, 1.82) is 0 Å². The molecule has 2 rings (SSSR count). The molecule has 1 aliphatic rings. The monoisotopic (exact) mass is 411 g/mol. The van der Waals surface area contributed by atoms with E-state index in [-0.39, 0.29) is 12.7 Å². The van der Waals surface area contributed by atoms with E-state index in [9.17, 15) is 4.79 Å². The van der Waals surface area contributed by atoms with Crippen LogP contribution in [-0.2, 0) is 23.7 Å². The van der Waals surface area contributed by atoms with Crippen LogP contribution in [0.25, 0.3) is 0 Å². The molecular weight excluding hydrogens is 378 g/mol. The fourth-order valence-electron chi connectivity index (χ4n) is 2.92. The Bertz CT molecular complexity index is 620. The van der Waals surface area contributed by atoms with Gasteiger partial charge in [-0.2, -0.15) is 0 Å². The van der Waals surface area contributed by atoms with Crippen molar-refractivity contribution in [2.45, 2.75) is 58.5 Å². The molecule has 164 valence electrons. The highest BCUT2D eigenvalue weighted by Gasteiger charge is 2.47. The molecule has 0 amide bonds. The van der Waals surface area contributed by atoms with Crippen LogP contribution in [0.1, 0.15) is 27.7 Å². The number of ether oxygens (including phenoxy) is 6. The molecule has 8 heteroatoms. The Morgan fingerprint density at radius 3 is 2.00 bits per heavy atom. The molecule has 1 aromatic rings. The van der Waals surface area contributed by atoms with Gasteiger partial charge in [-0.05, 0) is 44.0 Å². The Morgan fingerprint density at radius 1 is 0.931 bits per heavy atom. The maximum atomic E-state index is 12.4. The molecule has 0 saturated carbocycles. The summed E-state index contributed by atoms with van der Waals surface area (Å²) in [6.45, 7) is 8.40. The Kier molecular flexibility index (Phi) is 9.16. The Morgan fingerprint density at radius 2 is 1.48 bits per heavy atom. The summed E-state index contributed by atoms with van der Waals surface area (Å²) in [4.78, 5) is 12.4. The molecule has 1 N–H and O–H groups in total. The van der Waals surface area contributed by atoms with Crippen molar-refractivity contribution in [3.63, 3.8) is 0 Å². The summed E-state index contributed by atoms with van der Waals surface area (Å²) in [7, 11) is 3.09. The molecule has 8 nitrogen and oxygen atoms in total. The van der Waals surface area contributed by atoms with E-state index >= 15 is 0 Å². The Balaban J connectivity index is 1.89. The number of hydrogen-bond donors (Lipinski definition) is 1. The molecule has 1 aromatic carbocycles. The summed E-state index contributed by atoms with van der Waals surface area (Å²) in [5, 5.41) is 3.10. The second-order valence-electron chi connectivity index (χ2n) is 7.55. The van der Waals surface area contributed by atoms with Crippen molar-refractivity contribution in [2.24, 2.45) is 5.92 Å². The van der Waals surface area contributed by atoms with E-state index in [1.54, 1.807) is 31.4 Å². The zero-order chi connectivity index (χ0) is 21.4. The maximum absolute atomic E-state index is 12.4. The van der Waals surface area contributed by atoms with E-state index in [1.165, 1.54) is 7.11 Å². The lowest BCUT2D eigenvalue weighted by Gasteiger charge is -2.26. The first-order chi connectivity index (χ1) is 13.8. The van der Waals surface area contributed by atoms with Gasteiger partial charge in [0.25, 0.3) is 0 Å². The lowest BCUT2D eigenvalue weighted by atomic mass is 10.2. The van der Waals surface area contributed by atoms with Gasteiger partial charge in [0.1, 0.15) is 30.1 Å². The van der Waals surface area contributed by atoms with Gasteiger partial charge in [-0.1, -0.05) is 13.8 Å². The number of carbonyl (C=O) groups excluding carboxylic acids is 1. The van der Waals surface area contributed by atoms with Crippen LogP contribution < -0.4 is 14.8 Å². The van der Waals surface area contributed by atoms with E-state index in [4.69, 9.17) is 28.4 Å². The zero-order valence-corrected chi connectivity index (χ0v) is 18.0. The van der Waals surface area contributed by atoms with Crippen molar-refractivity contribution in [3.8, 4) is 11.5 Å². The van der Waals surface area contributed by atoms with Crippen LogP contribution in [0.3, 0.4) is 0 Å². The molecule has 1 heterocycles. The van der Waals surface area contributed by atoms with Gasteiger partial charge in [0.2, 0.25) is 0 Å². The summed E-state index contributed by atoms with van der Waals surface area (Å²) in [5.74, 6) is 1.24. The molecule has 1 fully saturated rings. The average Bonchev–Trinajstić information content (AvgIpc) is 3.01. The highest BCUT2D eigenvalue weighted by atomic mass is 16.6. The maximum Gasteiger partial charge on any atom is 0.344 e. The van der Waals surface area contributed by atoms with Gasteiger partial charge in [-0.15, -0.1) is 0 Å². The van der Waals surface area contributed by atoms with Gasteiger partial charge < -0.3 is 28.4 Å². The SMILES string of the molecule is CO[C@H]1N[C@@H](OC)[C@H](OC(C)C)C1OC(=O)COc1ccc(OCC(C)C)cc1. The molecule has 0 bridgehead atoms. The summed E-state index contributed by atoms with van der Waals surface area (Å²) >= 11 is 0. The molecule has 1 saturated heterocycles. The van der Waals surface area contributed by atoms with E-state index < -0.39 is 30.6 Å². The number of methoxy groups -OCH3 is 2. The summed E-state index contributed by atoms with van der Waals surface area (Å²) < 4.78 is 33.4. The predicted octanol–water partition coefficient (Wildman–Crippen LogP) is 2.35. The van der Waals surface area contributed by atoms with E-state index in [0.29, 0.717) is 18.3 Å². The van der Waals surface area contributed by atoms with Crippen molar-refractivity contribution >= 4 is 5.97 Å². The number of hydrogen-bond acceptors (Lipinski definition) is 8. The standard InChI is InChI=1S/C21H33NO7/c1-13(2)11-26-15-7-9-16(10-8-15)27-12-17(23)29-19-18(28-14(3)4)20(24-5)22-21(19)25-6/h7-10,13-14,18-22H,11-12H2,1-6H3/t18-,19?,20+,21-/m1/s1. The molecule has 0 spiro atoms. The summed E-state index contributed by atoms with van der Waals surface area (Å²) in [5.41, 5.74) is 0. The first-order valence-corrected chi connectivity index (χ1v) is 9.86. The molecule has 0 radical (unpaired) electrons. The minimum atomic E-state index is -0.657. The first-order valence-electron chi connectivity index (χ1n) is 9.86. The number of esters is 1. The normalized spacial score (nSPS) is 24.1. The zero-order valence-electron chi connectivity index (χ0n) is 18.0. The molecule has 4 atom stereocenters. The van der Waals surface area contributed by atoms with E-state index in [2.05, 4.69) is 19.2 Å². The van der Waals surface area contributed by atoms with Crippen LogP contribution in [0.5, 0.6) is 11.5 Å². The average molecular weight is 411 g/mol. The fraction of sp³-hybridized carbons (Fsp3) is 0.667. The van der Waals surface area contributed by atoms with Gasteiger partial charge in [0.15, 0.2) is 12.7 Å². The van der Waals surface area contributed by atoms with Crippen LogP contribution in [-0.4, -0.2) is 64.2 Å². The topological polar surface area (TPSA) is 84.5 Å². The third-order valence-electron chi connectivity index (χ3n) is 4.22. The Hall–Kier alpha value is -1.87. The van der Waals surface area contributed by atoms with E-state index in [1.807, 2.05) is 13.8 Å². The molecular formula is C21H33NO7. The second kappa shape index (κ2) is 11.3. The van der Waals surface area contributed by atoms with Crippen LogP contribution in [0.4, 0.5) is 0 Å². The fourth-order valence-corrected chi connectivity index (χ4v) is 2.92. The predicted molar refractivity (Wildman–Crippen MR) is 107 cm³/mol. The smallest absolute Gasteiger partial charge is 0.344 e. The van der Waals surface area contributed by atoms with Crippen LogP contribution >= 0.6 is 0 Å². The first kappa shape index (κ1) is 23.4. The third kappa shape index (κ3) is 7.15. The molecule has 1 aliphatic heterocycles. The van der Waals surface area contributed by atoms with Crippen molar-refractivity contribution < 1.29 is 33.2 Å². The number of benzene rings is 1. The lowest BCUT2D eigenvalue weighted by molar-refractivity contribution is -0.172. The lowest BCUT2D eigenvalue weighted by Crippen LogP contribution is -2.42. The second-order valence-corrected chi connectivity index (χ2v) is 7.55. The van der Waals surface area contributed by atoms with Gasteiger partial charge in [-0.25, -0.2) is 4.79 Å². The minimum Gasteiger partial charge on any atom is -0.493 e. The molecule has 0 aliphatic carbocycles. The minimum absolute atomic E-state index is 0.0658. The van der Waals surface area contributed by atoms with Crippen molar-refractivity contribution in [2.75, 3.05) is 27.4 Å². The largest absolute Gasteiger partial charge is 0.493 e. The van der Waals surface area contributed by atoms with Crippen molar-refractivity contribution in [3.05, 3.63) is 24.3 Å². The highest BCUT2D eigenvalue weighted by Crippen LogP contribution is 2.24. The van der Waals surface area contributed by atoms with E-state index in [0.717, 1.165) is 5.75 Å². The van der Waals surface area contributed by atoms with Gasteiger partial charge in [0, 0.05) is 14.2 Å². The van der Waals surface area contributed by atoms with Gasteiger partial charge >= 0.3 is 5.97 Å². The van der Waals surface area contributed by atoms with Crippen LogP contribution in [0, 0.1) is 5.92 Å². The quantitative estimate of drug-likeness (QED) is 0.556. The van der Waals surface area contributed by atoms with Crippen molar-refractivity contribution in [1.82, 2.24) is 5.32 Å². The van der Waals surface area contributed by atoms with Gasteiger partial charge in [0.05, 0.1) is 12.7 Å². The van der Waals surface area contributed by atoms with Crippen LogP contribution in [0.2, 0.25) is 0 Å². The number of rotatable bonds is 11. The molecule has 29 heavy (non-hydrogen) atoms. The summed E-state index contributed by atoms with van der Waals surface area (Å²) in [6, 6.07) is 7.12. The van der Waals surface area contributed by atoms with Crippen LogP contribution in [0.15, 0.2) is 24.3 Å². The summed E-state index contributed by atoms with van der Waals surface area (Å²) in [6.07, 6.45) is -2.20. The Labute approximate surface area is 172 Å². The third-order valence-corrected chi connectivity index (χ3v) is 4.22. The highest BCUT2D eigenvalue weighted by molar-refractivity contribution is 5.71. The molecule has 0 aromatic heterocycles. The number of carbonyl (C=O) groups is 1. The van der Waals surface area contributed by atoms with Gasteiger partial charge in [-0.3, -0.25) is 5.32 Å².